The number of methoxy groups -OCH3 is 1. The second kappa shape index (κ2) is 11.8. The van der Waals surface area contributed by atoms with Gasteiger partial charge in [0.2, 0.25) is 5.82 Å². The molecule has 1 amide bonds. The molecule has 1 aliphatic rings. The molecule has 2 heterocycles. The highest BCUT2D eigenvalue weighted by Crippen LogP contribution is 2.30. The second-order valence-electron chi connectivity index (χ2n) is 9.50. The van der Waals surface area contributed by atoms with Crippen LogP contribution in [0.4, 0.5) is 4.79 Å². The van der Waals surface area contributed by atoms with Crippen LogP contribution in [0.3, 0.4) is 0 Å². The molecule has 1 aromatic heterocycles. The molecular weight excluding hydrogens is 498 g/mol. The molecule has 3 aromatic carbocycles. The lowest BCUT2D eigenvalue weighted by molar-refractivity contribution is -0.146. The fourth-order valence-corrected chi connectivity index (χ4v) is 4.64. The molecule has 0 saturated carbocycles. The quantitative estimate of drug-likeness (QED) is 0.292. The molecule has 39 heavy (non-hydrogen) atoms. The van der Waals surface area contributed by atoms with E-state index in [1.54, 1.807) is 29.2 Å². The van der Waals surface area contributed by atoms with E-state index in [9.17, 15) is 9.59 Å². The molecule has 0 spiro atoms. The molecular formula is C30H29N3O6. The van der Waals surface area contributed by atoms with Crippen LogP contribution in [0, 0.1) is 18.8 Å². The maximum atomic E-state index is 12.8. The number of carbonyl (C=O) groups is 2. The van der Waals surface area contributed by atoms with E-state index in [2.05, 4.69) is 10.1 Å². The van der Waals surface area contributed by atoms with Crippen LogP contribution in [0.1, 0.15) is 17.0 Å². The molecule has 9 heteroatoms. The van der Waals surface area contributed by atoms with E-state index in [0.717, 1.165) is 16.7 Å². The zero-order valence-corrected chi connectivity index (χ0v) is 21.8. The first-order valence-electron chi connectivity index (χ1n) is 12.7. The van der Waals surface area contributed by atoms with Gasteiger partial charge in [-0.15, -0.1) is 0 Å². The maximum Gasteiger partial charge on any atom is 0.415 e. The lowest BCUT2D eigenvalue weighted by atomic mass is 9.89. The van der Waals surface area contributed by atoms with Crippen LogP contribution in [-0.2, 0) is 22.6 Å². The number of ether oxygens (including phenoxy) is 3. The molecule has 5 rings (SSSR count). The molecule has 1 saturated heterocycles. The van der Waals surface area contributed by atoms with Gasteiger partial charge in [-0.05, 0) is 61.2 Å². The van der Waals surface area contributed by atoms with Gasteiger partial charge >= 0.3 is 12.1 Å². The topological polar surface area (TPSA) is 104 Å². The minimum Gasteiger partial charge on any atom is -0.485 e. The molecule has 0 N–H and O–H groups in total. The predicted molar refractivity (Wildman–Crippen MR) is 142 cm³/mol. The molecule has 0 radical (unpaired) electrons. The Kier molecular flexibility index (Phi) is 7.86. The van der Waals surface area contributed by atoms with E-state index >= 15 is 0 Å². The highest BCUT2D eigenvalue weighted by Gasteiger charge is 2.41. The van der Waals surface area contributed by atoms with Crippen molar-refractivity contribution in [3.8, 4) is 23.0 Å². The van der Waals surface area contributed by atoms with Crippen LogP contribution in [0.15, 0.2) is 83.4 Å². The van der Waals surface area contributed by atoms with Crippen LogP contribution in [-0.4, -0.2) is 47.3 Å². The van der Waals surface area contributed by atoms with Crippen molar-refractivity contribution in [3.05, 3.63) is 95.8 Å². The van der Waals surface area contributed by atoms with Crippen molar-refractivity contribution in [3.63, 3.8) is 0 Å². The minimum absolute atomic E-state index is 0.134. The van der Waals surface area contributed by atoms with E-state index in [0.29, 0.717) is 36.2 Å². The van der Waals surface area contributed by atoms with Gasteiger partial charge in [-0.3, -0.25) is 4.79 Å². The summed E-state index contributed by atoms with van der Waals surface area (Å²) < 4.78 is 21.8. The highest BCUT2D eigenvalue weighted by atomic mass is 16.6. The summed E-state index contributed by atoms with van der Waals surface area (Å²) in [6, 6.07) is 24.3. The fourth-order valence-electron chi connectivity index (χ4n) is 4.64. The maximum absolute atomic E-state index is 12.8. The number of carbonyl (C=O) groups excluding carboxylic acids is 2. The summed E-state index contributed by atoms with van der Waals surface area (Å²) in [7, 11) is 1.36. The Labute approximate surface area is 226 Å². The Hall–Kier alpha value is -4.66. The van der Waals surface area contributed by atoms with Crippen LogP contribution in [0.25, 0.3) is 11.5 Å². The molecule has 1 fully saturated rings. The zero-order valence-electron chi connectivity index (χ0n) is 21.8. The SMILES string of the molecule is COC(=O)[C@H]1CN(C(=O)Oc2ccccc2)CC1Cc1cccc(OCc2noc(-c3ccc(C)cc3)n2)c1. The molecule has 9 nitrogen and oxygen atoms in total. The number of rotatable bonds is 8. The van der Waals surface area contributed by atoms with Gasteiger partial charge < -0.3 is 23.6 Å². The number of aryl methyl sites for hydroxylation is 1. The smallest absolute Gasteiger partial charge is 0.415 e. The molecule has 200 valence electrons. The molecule has 0 bridgehead atoms. The molecule has 1 aliphatic heterocycles. The third-order valence-electron chi connectivity index (χ3n) is 6.68. The van der Waals surface area contributed by atoms with Crippen molar-refractivity contribution >= 4 is 12.1 Å². The number of esters is 1. The summed E-state index contributed by atoms with van der Waals surface area (Å²) in [6.07, 6.45) is 0.0751. The predicted octanol–water partition coefficient (Wildman–Crippen LogP) is 5.09. The number of nitrogens with zero attached hydrogens (tertiary/aromatic N) is 3. The number of aromatic nitrogens is 2. The molecule has 0 aliphatic carbocycles. The molecule has 2 atom stereocenters. The first kappa shape index (κ1) is 26.0. The lowest BCUT2D eigenvalue weighted by Gasteiger charge is -2.16. The van der Waals surface area contributed by atoms with E-state index in [1.165, 1.54) is 7.11 Å². The number of hydrogen-bond acceptors (Lipinski definition) is 8. The monoisotopic (exact) mass is 527 g/mol. The zero-order chi connectivity index (χ0) is 27.2. The van der Waals surface area contributed by atoms with Gasteiger partial charge in [-0.25, -0.2) is 4.79 Å². The summed E-state index contributed by atoms with van der Waals surface area (Å²) in [5.74, 6) is 1.04. The summed E-state index contributed by atoms with van der Waals surface area (Å²) >= 11 is 0. The van der Waals surface area contributed by atoms with E-state index in [-0.39, 0.29) is 25.0 Å². The number of para-hydroxylation sites is 1. The third-order valence-corrected chi connectivity index (χ3v) is 6.68. The second-order valence-corrected chi connectivity index (χ2v) is 9.50. The first-order chi connectivity index (χ1) is 19.0. The van der Waals surface area contributed by atoms with E-state index in [4.69, 9.17) is 18.7 Å². The molecule has 1 unspecified atom stereocenters. The lowest BCUT2D eigenvalue weighted by Crippen LogP contribution is -2.32. The number of benzene rings is 3. The summed E-state index contributed by atoms with van der Waals surface area (Å²) in [6.45, 7) is 2.77. The first-order valence-corrected chi connectivity index (χ1v) is 12.7. The Bertz CT molecular complexity index is 1420. The van der Waals surface area contributed by atoms with Gasteiger partial charge in [0.05, 0.1) is 13.0 Å². The summed E-state index contributed by atoms with van der Waals surface area (Å²) in [4.78, 5) is 31.3. The van der Waals surface area contributed by atoms with Crippen molar-refractivity contribution in [1.29, 1.82) is 0 Å². The van der Waals surface area contributed by atoms with Crippen LogP contribution < -0.4 is 9.47 Å². The van der Waals surface area contributed by atoms with Gasteiger partial charge in [-0.2, -0.15) is 4.98 Å². The van der Waals surface area contributed by atoms with E-state index in [1.807, 2.05) is 61.5 Å². The van der Waals surface area contributed by atoms with Gasteiger partial charge in [0.15, 0.2) is 6.61 Å². The van der Waals surface area contributed by atoms with Crippen molar-refractivity contribution in [1.82, 2.24) is 15.0 Å². The number of amides is 1. The Balaban J connectivity index is 1.21. The third kappa shape index (κ3) is 6.43. The normalized spacial score (nSPS) is 16.6. The van der Waals surface area contributed by atoms with Crippen LogP contribution in [0.2, 0.25) is 0 Å². The Morgan fingerprint density at radius 3 is 2.51 bits per heavy atom. The van der Waals surface area contributed by atoms with Crippen molar-refractivity contribution in [2.45, 2.75) is 20.0 Å². The van der Waals surface area contributed by atoms with Crippen LogP contribution >= 0.6 is 0 Å². The molecule has 4 aromatic rings. The average Bonchev–Trinajstić information content (AvgIpc) is 3.60. The summed E-state index contributed by atoms with van der Waals surface area (Å²) in [5.41, 5.74) is 2.97. The number of hydrogen-bond donors (Lipinski definition) is 0. The Morgan fingerprint density at radius 2 is 1.74 bits per heavy atom. The van der Waals surface area contributed by atoms with Gasteiger partial charge in [0.25, 0.3) is 5.89 Å². The highest BCUT2D eigenvalue weighted by molar-refractivity contribution is 5.77. The van der Waals surface area contributed by atoms with Crippen molar-refractivity contribution in [2.75, 3.05) is 20.2 Å². The van der Waals surface area contributed by atoms with Gasteiger partial charge in [0, 0.05) is 18.7 Å². The standard InChI is InChI=1S/C30H29N3O6/c1-20-11-13-22(14-12-20)28-31-27(32-39-28)19-37-25-10-6-7-21(16-25)15-23-17-33(18-26(23)29(34)36-2)30(35)38-24-8-4-3-5-9-24/h3-14,16,23,26H,15,17-19H2,1-2H3/t23?,26-/m0/s1. The van der Waals surface area contributed by atoms with E-state index < -0.39 is 12.0 Å². The average molecular weight is 528 g/mol. The largest absolute Gasteiger partial charge is 0.485 e. The fraction of sp³-hybridized carbons (Fsp3) is 0.267. The van der Waals surface area contributed by atoms with Gasteiger partial charge in [0.1, 0.15) is 11.5 Å². The van der Waals surface area contributed by atoms with Crippen molar-refractivity contribution in [2.24, 2.45) is 11.8 Å². The summed E-state index contributed by atoms with van der Waals surface area (Å²) in [5, 5.41) is 4.02. The Morgan fingerprint density at radius 1 is 0.974 bits per heavy atom. The minimum atomic E-state index is -0.486. The number of likely N-dealkylation sites (tertiary alicyclic amines) is 1. The van der Waals surface area contributed by atoms with Crippen LogP contribution in [0.5, 0.6) is 11.5 Å². The van der Waals surface area contributed by atoms with Gasteiger partial charge in [-0.1, -0.05) is 53.2 Å². The van der Waals surface area contributed by atoms with Crippen molar-refractivity contribution < 1.29 is 28.3 Å².